The summed E-state index contributed by atoms with van der Waals surface area (Å²) in [5, 5.41) is 10.2. The molecule has 0 aromatic carbocycles. The highest BCUT2D eigenvalue weighted by Crippen LogP contribution is 2.43. The van der Waals surface area contributed by atoms with Gasteiger partial charge in [0.25, 0.3) is 0 Å². The average Bonchev–Trinajstić information content (AvgIpc) is 3.52. The first-order valence-electron chi connectivity index (χ1n) is 21.4. The number of nitrogens with zero attached hydrogens (tertiary/aromatic N) is 1. The number of hydrogen-bond acceptors (Lipinski definition) is 9. The van der Waals surface area contributed by atoms with E-state index >= 15 is 0 Å². The van der Waals surface area contributed by atoms with Gasteiger partial charge in [0.15, 0.2) is 11.9 Å². The van der Waals surface area contributed by atoms with Crippen LogP contribution in [0.25, 0.3) is 0 Å². The lowest BCUT2D eigenvalue weighted by atomic mass is 9.90. The van der Waals surface area contributed by atoms with Crippen LogP contribution in [0.4, 0.5) is 0 Å². The van der Waals surface area contributed by atoms with E-state index < -0.39 is 38.6 Å². The number of quaternary nitrogens is 1. The van der Waals surface area contributed by atoms with Crippen LogP contribution in [0.2, 0.25) is 0 Å². The van der Waals surface area contributed by atoms with Crippen molar-refractivity contribution in [2.24, 2.45) is 11.8 Å². The summed E-state index contributed by atoms with van der Waals surface area (Å²) in [6.07, 6.45) is 38.4. The molecule has 1 aliphatic carbocycles. The highest BCUT2D eigenvalue weighted by Gasteiger charge is 2.28. The number of allylic oxidation sites excluding steroid dienone is 13. The average molecular weight is 833 g/mol. The van der Waals surface area contributed by atoms with Crippen molar-refractivity contribution in [2.45, 2.75) is 129 Å². The first-order valence-corrected chi connectivity index (χ1v) is 22.9. The largest absolute Gasteiger partial charge is 0.472 e. The molecule has 0 spiro atoms. The predicted molar refractivity (Wildman–Crippen MR) is 233 cm³/mol. The number of carbonyl (C=O) groups excluding carboxylic acids is 3. The van der Waals surface area contributed by atoms with Gasteiger partial charge in [-0.15, -0.1) is 0 Å². The van der Waals surface area contributed by atoms with Crippen molar-refractivity contribution in [3.05, 3.63) is 85.1 Å². The molecule has 58 heavy (non-hydrogen) atoms. The summed E-state index contributed by atoms with van der Waals surface area (Å²) < 4.78 is 34.2. The molecule has 0 saturated carbocycles. The number of phosphoric acid groups is 1. The fourth-order valence-corrected chi connectivity index (χ4v) is 6.44. The maximum atomic E-state index is 12.7. The molecule has 1 aliphatic rings. The normalized spacial score (nSPS) is 18.5. The van der Waals surface area contributed by atoms with E-state index in [1.807, 2.05) is 45.4 Å². The lowest BCUT2D eigenvalue weighted by molar-refractivity contribution is -0.870. The Morgan fingerprint density at radius 3 is 2.12 bits per heavy atom. The van der Waals surface area contributed by atoms with Crippen molar-refractivity contribution in [3.63, 3.8) is 0 Å². The van der Waals surface area contributed by atoms with Gasteiger partial charge < -0.3 is 24.0 Å². The van der Waals surface area contributed by atoms with Gasteiger partial charge in [-0.1, -0.05) is 112 Å². The summed E-state index contributed by atoms with van der Waals surface area (Å²) in [7, 11) is 1.32. The maximum Gasteiger partial charge on any atom is 0.472 e. The monoisotopic (exact) mass is 833 g/mol. The third kappa shape index (κ3) is 29.9. The topological polar surface area (TPSA) is 146 Å². The molecule has 0 radical (unpaired) electrons. The van der Waals surface area contributed by atoms with E-state index in [0.717, 1.165) is 57.8 Å². The highest BCUT2D eigenvalue weighted by molar-refractivity contribution is 7.47. The summed E-state index contributed by atoms with van der Waals surface area (Å²) in [6, 6.07) is 0. The molecule has 0 aromatic rings. The van der Waals surface area contributed by atoms with Crippen LogP contribution in [0.15, 0.2) is 85.1 Å². The van der Waals surface area contributed by atoms with E-state index in [1.165, 1.54) is 0 Å². The number of esters is 2. The molecular weight excluding hydrogens is 757 g/mol. The third-order valence-electron chi connectivity index (χ3n) is 9.16. The standard InChI is InChI=1S/C46H74NO10P/c1-6-8-10-11-12-13-14-15-16-17-18-19-20-21-27-31-46(51)57-42(39-56-58(52,53)55-37-36-47(3,4)5)38-54-45(50)30-26-23-22-25-28-40-32-35-44(49)43(40)34-33-41(48)29-24-9-7-2/h8,10,12-13,15-16,18-19,22,25,32-35,40-43,48H,6-7,9,11,14,17,20-21,23-24,26-31,36-39H2,1-5H3/p+1/b10-8-,13-12-,16-15-,19-18-,25-22-,34-33+/t40-,41-,42+,43+/m0/s1. The number of aliphatic hydroxyl groups excluding tert-OH is 1. The number of ether oxygens (including phenoxy) is 2. The number of aliphatic hydroxyl groups is 1. The summed E-state index contributed by atoms with van der Waals surface area (Å²) in [5.74, 6) is -1.22. The van der Waals surface area contributed by atoms with Gasteiger partial charge in [-0.3, -0.25) is 23.4 Å². The lowest BCUT2D eigenvalue weighted by Crippen LogP contribution is -2.37. The van der Waals surface area contributed by atoms with Crippen LogP contribution in [0.5, 0.6) is 0 Å². The first kappa shape index (κ1) is 52.8. The zero-order chi connectivity index (χ0) is 42.9. The SMILES string of the molecule is CC/C=C\C/C=C\C/C=C\C/C=C\CCCCC(=O)O[C@H](COC(=O)CCC/C=C\C[C@H]1C=CC(=O)[C@@H]1/C=C/[C@@H](O)CCCCC)COP(=O)(O)OCC[N+](C)(C)C. The van der Waals surface area contributed by atoms with Crippen LogP contribution in [0.1, 0.15) is 117 Å². The number of likely N-dealkylation sites (N-methyl/N-ethyl adjacent to an activating group) is 1. The number of unbranched alkanes of at least 4 members (excludes halogenated alkanes) is 5. The van der Waals surface area contributed by atoms with Crippen LogP contribution in [0, 0.1) is 11.8 Å². The van der Waals surface area contributed by atoms with E-state index in [2.05, 4.69) is 62.5 Å². The molecule has 5 atom stereocenters. The summed E-state index contributed by atoms with van der Waals surface area (Å²) in [5.41, 5.74) is 0. The van der Waals surface area contributed by atoms with Gasteiger partial charge >= 0.3 is 19.8 Å². The van der Waals surface area contributed by atoms with Crippen molar-refractivity contribution < 1.29 is 52.0 Å². The summed E-state index contributed by atoms with van der Waals surface area (Å²) >= 11 is 0. The quantitative estimate of drug-likeness (QED) is 0.0211. The molecule has 0 saturated heterocycles. The van der Waals surface area contributed by atoms with Crippen molar-refractivity contribution in [3.8, 4) is 0 Å². The van der Waals surface area contributed by atoms with Crippen LogP contribution >= 0.6 is 7.82 Å². The van der Waals surface area contributed by atoms with Gasteiger partial charge in [-0.05, 0) is 82.6 Å². The maximum absolute atomic E-state index is 12.7. The Labute approximate surface area is 349 Å². The third-order valence-corrected chi connectivity index (χ3v) is 10.1. The van der Waals surface area contributed by atoms with Gasteiger partial charge in [-0.2, -0.15) is 0 Å². The molecule has 0 aromatic heterocycles. The molecule has 0 bridgehead atoms. The Hall–Kier alpha value is -3.18. The first-order chi connectivity index (χ1) is 27.8. The minimum atomic E-state index is -4.44. The van der Waals surface area contributed by atoms with Gasteiger partial charge in [0.2, 0.25) is 0 Å². The Morgan fingerprint density at radius 2 is 1.45 bits per heavy atom. The molecule has 11 nitrogen and oxygen atoms in total. The molecule has 0 fully saturated rings. The van der Waals surface area contributed by atoms with Crippen molar-refractivity contribution >= 4 is 25.5 Å². The van der Waals surface area contributed by atoms with Crippen molar-refractivity contribution in [1.29, 1.82) is 0 Å². The summed E-state index contributed by atoms with van der Waals surface area (Å²) in [4.78, 5) is 47.9. The lowest BCUT2D eigenvalue weighted by Gasteiger charge is -2.24. The van der Waals surface area contributed by atoms with Crippen molar-refractivity contribution in [1.82, 2.24) is 0 Å². The number of ketones is 1. The van der Waals surface area contributed by atoms with Gasteiger partial charge in [0.1, 0.15) is 19.8 Å². The fraction of sp³-hybridized carbons (Fsp3) is 0.630. The minimum Gasteiger partial charge on any atom is -0.462 e. The molecule has 12 heteroatoms. The second kappa shape index (κ2) is 32.6. The predicted octanol–water partition coefficient (Wildman–Crippen LogP) is 9.63. The van der Waals surface area contributed by atoms with E-state index in [4.69, 9.17) is 18.5 Å². The molecule has 1 unspecified atom stereocenters. The van der Waals surface area contributed by atoms with Crippen LogP contribution in [-0.4, -0.2) is 91.9 Å². The van der Waals surface area contributed by atoms with E-state index in [0.29, 0.717) is 43.1 Å². The van der Waals surface area contributed by atoms with Gasteiger partial charge in [0.05, 0.1) is 33.9 Å². The zero-order valence-electron chi connectivity index (χ0n) is 36.1. The summed E-state index contributed by atoms with van der Waals surface area (Å²) in [6.45, 7) is 3.89. The Bertz CT molecular complexity index is 1410. The molecule has 0 heterocycles. The molecule has 2 N–H and O–H groups in total. The number of hydrogen-bond donors (Lipinski definition) is 2. The molecule has 0 aliphatic heterocycles. The second-order valence-corrected chi connectivity index (χ2v) is 17.1. The molecular formula is C46H75NO10P+. The Kier molecular flexibility index (Phi) is 29.7. The molecule has 1 rings (SSSR count). The minimum absolute atomic E-state index is 0.0130. The van der Waals surface area contributed by atoms with E-state index in [-0.39, 0.29) is 43.7 Å². The van der Waals surface area contributed by atoms with E-state index in [9.17, 15) is 28.9 Å². The number of rotatable bonds is 34. The fourth-order valence-electron chi connectivity index (χ4n) is 5.70. The van der Waals surface area contributed by atoms with Crippen LogP contribution < -0.4 is 0 Å². The zero-order valence-corrected chi connectivity index (χ0v) is 37.0. The Morgan fingerprint density at radius 1 is 0.810 bits per heavy atom. The number of phosphoric ester groups is 1. The molecule has 0 amide bonds. The second-order valence-electron chi connectivity index (χ2n) is 15.7. The Balaban J connectivity index is 2.52. The van der Waals surface area contributed by atoms with Crippen molar-refractivity contribution in [2.75, 3.05) is 47.5 Å². The van der Waals surface area contributed by atoms with Gasteiger partial charge in [-0.25, -0.2) is 4.57 Å². The van der Waals surface area contributed by atoms with Crippen LogP contribution in [0.3, 0.4) is 0 Å². The smallest absolute Gasteiger partial charge is 0.462 e. The molecule has 328 valence electrons. The highest BCUT2D eigenvalue weighted by atomic mass is 31.2. The van der Waals surface area contributed by atoms with E-state index in [1.54, 1.807) is 12.2 Å². The number of carbonyl (C=O) groups is 3. The van der Waals surface area contributed by atoms with Gasteiger partial charge in [0, 0.05) is 18.8 Å². The van der Waals surface area contributed by atoms with Crippen LogP contribution in [-0.2, 0) is 37.5 Å².